The van der Waals surface area contributed by atoms with Crippen LogP contribution in [0, 0.1) is 30.6 Å². The molecule has 5 aliphatic heterocycles. The smallest absolute Gasteiger partial charge is 0.312 e. The van der Waals surface area contributed by atoms with Crippen LogP contribution in [-0.2, 0) is 25.5 Å². The lowest BCUT2D eigenvalue weighted by atomic mass is 9.78. The number of aliphatic hydroxyl groups excluding tert-OH is 2. The van der Waals surface area contributed by atoms with Crippen molar-refractivity contribution in [3.63, 3.8) is 0 Å². The van der Waals surface area contributed by atoms with E-state index in [0.29, 0.717) is 11.4 Å². The number of aromatic hydroxyl groups is 3. The van der Waals surface area contributed by atoms with E-state index in [1.54, 1.807) is 45.9 Å². The number of anilines is 1. The summed E-state index contributed by atoms with van der Waals surface area (Å²) in [5.41, 5.74) is 1.09. The average Bonchev–Trinajstić information content (AvgIpc) is 3.36. The van der Waals surface area contributed by atoms with Crippen LogP contribution in [0.1, 0.15) is 70.0 Å². The van der Waals surface area contributed by atoms with Gasteiger partial charge in [0.25, 0.3) is 5.78 Å². The highest BCUT2D eigenvalue weighted by atomic mass is 16.7. The molecule has 0 amide bonds. The van der Waals surface area contributed by atoms with Crippen molar-refractivity contribution >= 4 is 34.0 Å². The van der Waals surface area contributed by atoms with Crippen molar-refractivity contribution in [3.8, 4) is 23.0 Å². The van der Waals surface area contributed by atoms with Crippen LogP contribution >= 0.6 is 0 Å². The van der Waals surface area contributed by atoms with Gasteiger partial charge in [-0.25, -0.2) is 0 Å². The Morgan fingerprint density at radius 2 is 1.67 bits per heavy atom. The lowest BCUT2D eigenvalue weighted by Crippen LogP contribution is -2.46. The number of carbonyl (C=O) groups is 2. The number of nitrogens with one attached hydrogen (secondary N) is 1. The molecule has 7 bridgehead atoms. The second-order valence-electron chi connectivity index (χ2n) is 14.0. The largest absolute Gasteiger partial charge is 0.507 e. The Morgan fingerprint density at radius 3 is 2.31 bits per heavy atom. The zero-order valence-electron chi connectivity index (χ0n) is 30.3. The first-order chi connectivity index (χ1) is 23.9. The highest BCUT2D eigenvalue weighted by molar-refractivity contribution is 6.22. The van der Waals surface area contributed by atoms with E-state index in [9.17, 15) is 35.1 Å². The lowest BCUT2D eigenvalue weighted by Gasteiger charge is -2.38. The zero-order chi connectivity index (χ0) is 37.7. The molecule has 7 rings (SSSR count). The van der Waals surface area contributed by atoms with Crippen molar-refractivity contribution in [3.05, 3.63) is 52.8 Å². The number of fused-ring (bicyclic) bond motifs is 1. The number of ether oxygens (including phenoxy) is 4. The zero-order valence-corrected chi connectivity index (χ0v) is 30.3. The number of Topliss-reactive ketones (excluding diaryl/α,β-unsaturated/α-hetero) is 1. The molecule has 13 heteroatoms. The number of benzene rings is 2. The first-order valence-electron chi connectivity index (χ1n) is 17.0. The molecular formula is C38H48N2O11. The summed E-state index contributed by atoms with van der Waals surface area (Å²) in [4.78, 5) is 30.9. The number of nitrogens with zero attached hydrogens (tertiary/aromatic N) is 1. The summed E-state index contributed by atoms with van der Waals surface area (Å²) < 4.78 is 23.4. The van der Waals surface area contributed by atoms with Gasteiger partial charge in [0.1, 0.15) is 29.2 Å². The van der Waals surface area contributed by atoms with Crippen LogP contribution in [0.5, 0.6) is 23.0 Å². The van der Waals surface area contributed by atoms with E-state index in [2.05, 4.69) is 10.3 Å². The summed E-state index contributed by atoms with van der Waals surface area (Å²) in [5, 5.41) is 60.0. The normalized spacial score (nSPS) is 33.5. The summed E-state index contributed by atoms with van der Waals surface area (Å²) in [5.74, 6) is -6.11. The number of ketones is 1. The molecule has 2 aromatic carbocycles. The van der Waals surface area contributed by atoms with Crippen LogP contribution in [0.25, 0.3) is 10.8 Å². The Kier molecular flexibility index (Phi) is 10.5. The molecule has 13 nitrogen and oxygen atoms in total. The monoisotopic (exact) mass is 708 g/mol. The fourth-order valence-electron chi connectivity index (χ4n) is 7.27. The number of carbonyl (C=O) groups excluding carboxylic acids is 2. The van der Waals surface area contributed by atoms with Gasteiger partial charge in [0.05, 0.1) is 47.8 Å². The van der Waals surface area contributed by atoms with Crippen LogP contribution in [0.2, 0.25) is 0 Å². The molecule has 0 saturated heterocycles. The van der Waals surface area contributed by atoms with Crippen LogP contribution in [0.4, 0.5) is 5.69 Å². The Labute approximate surface area is 296 Å². The highest BCUT2D eigenvalue weighted by Gasteiger charge is 2.50. The molecule has 5 aliphatic rings. The van der Waals surface area contributed by atoms with Gasteiger partial charge in [-0.05, 0) is 25.5 Å². The number of esters is 1. The van der Waals surface area contributed by atoms with E-state index in [1.165, 1.54) is 40.2 Å². The maximum absolute atomic E-state index is 14.1. The third-order valence-electron chi connectivity index (χ3n) is 10.5. The van der Waals surface area contributed by atoms with Crippen LogP contribution in [0.3, 0.4) is 0 Å². The Balaban J connectivity index is 1.66. The molecule has 0 unspecified atom stereocenters. The number of aliphatic hydroxyl groups is 2. The third-order valence-corrected chi connectivity index (χ3v) is 10.5. The summed E-state index contributed by atoms with van der Waals surface area (Å²) in [6.45, 7) is 13.0. The molecular weight excluding hydrogens is 660 g/mol. The minimum absolute atomic E-state index is 0.0143. The molecule has 2 aromatic rings. The van der Waals surface area contributed by atoms with E-state index in [4.69, 9.17) is 18.9 Å². The van der Waals surface area contributed by atoms with Gasteiger partial charge in [-0.3, -0.25) is 14.6 Å². The van der Waals surface area contributed by atoms with Gasteiger partial charge >= 0.3 is 11.8 Å². The molecule has 51 heavy (non-hydrogen) atoms. The average molecular weight is 709 g/mol. The molecule has 9 atom stereocenters. The molecule has 0 aliphatic carbocycles. The second kappa shape index (κ2) is 14.2. The summed E-state index contributed by atoms with van der Waals surface area (Å²) in [6, 6.07) is 0. The molecule has 0 saturated carbocycles. The van der Waals surface area contributed by atoms with E-state index in [0.717, 1.165) is 0 Å². The van der Waals surface area contributed by atoms with Gasteiger partial charge in [0, 0.05) is 61.1 Å². The molecule has 0 spiro atoms. The van der Waals surface area contributed by atoms with Gasteiger partial charge in [-0.2, -0.15) is 0 Å². The molecule has 276 valence electrons. The lowest BCUT2D eigenvalue weighted by molar-refractivity contribution is -0.160. The van der Waals surface area contributed by atoms with Gasteiger partial charge < -0.3 is 49.8 Å². The van der Waals surface area contributed by atoms with Crippen LogP contribution in [-0.4, -0.2) is 80.4 Å². The number of aliphatic imine (C=N–C) groups is 1. The van der Waals surface area contributed by atoms with Crippen molar-refractivity contribution in [2.75, 3.05) is 12.4 Å². The Bertz CT molecular complexity index is 1860. The second-order valence-corrected chi connectivity index (χ2v) is 14.0. The minimum atomic E-state index is -1.95. The Hall–Kier alpha value is -4.59. The van der Waals surface area contributed by atoms with E-state index >= 15 is 0 Å². The number of phenols is 3. The Morgan fingerprint density at radius 1 is 0.980 bits per heavy atom. The fraction of sp³-hybridized carbons (Fsp3) is 0.500. The maximum atomic E-state index is 14.1. The number of phenolic OH excluding ortho intramolecular Hbond substituents is 3. The number of amidine groups is 1. The first kappa shape index (κ1) is 37.7. The predicted octanol–water partition coefficient (Wildman–Crippen LogP) is 5.14. The van der Waals surface area contributed by atoms with Crippen molar-refractivity contribution in [2.24, 2.45) is 28.7 Å². The van der Waals surface area contributed by atoms with Gasteiger partial charge in [0.2, 0.25) is 0 Å². The molecule has 5 heterocycles. The minimum Gasteiger partial charge on any atom is -0.507 e. The van der Waals surface area contributed by atoms with Crippen molar-refractivity contribution in [1.29, 1.82) is 0 Å². The van der Waals surface area contributed by atoms with Crippen molar-refractivity contribution < 1.29 is 54.1 Å². The maximum Gasteiger partial charge on any atom is 0.312 e. The predicted molar refractivity (Wildman–Crippen MR) is 190 cm³/mol. The van der Waals surface area contributed by atoms with Crippen LogP contribution < -0.4 is 10.1 Å². The van der Waals surface area contributed by atoms with Crippen molar-refractivity contribution in [1.82, 2.24) is 0 Å². The quantitative estimate of drug-likeness (QED) is 0.137. The highest BCUT2D eigenvalue weighted by Crippen LogP contribution is 2.55. The van der Waals surface area contributed by atoms with Gasteiger partial charge in [0.15, 0.2) is 5.75 Å². The molecule has 0 radical (unpaired) electrons. The summed E-state index contributed by atoms with van der Waals surface area (Å²) >= 11 is 0. The topological polar surface area (TPSA) is 197 Å². The first-order valence-corrected chi connectivity index (χ1v) is 17.0. The fourth-order valence-corrected chi connectivity index (χ4v) is 7.27. The van der Waals surface area contributed by atoms with E-state index in [-0.39, 0.29) is 68.6 Å². The van der Waals surface area contributed by atoms with Gasteiger partial charge in [-0.15, -0.1) is 0 Å². The molecule has 0 fully saturated rings. The molecule has 0 aromatic heterocycles. The van der Waals surface area contributed by atoms with E-state index in [1.807, 2.05) is 6.92 Å². The van der Waals surface area contributed by atoms with Crippen LogP contribution in [0.15, 0.2) is 41.1 Å². The third kappa shape index (κ3) is 6.54. The number of rotatable bonds is 2. The standard InChI is InChI=1S/C38H48N2O11/c1-16-11-10-12-17(2)37-39-15-23-28(40-37)33(46)26-25(32(23)45)27-35(21(6)31(26)44)51-38(8,36(27)47)49-14-13-24(48-9)18(3)34(50-22(7)41)20(5)30(43)19(4)29(16)42/h10-14,16,18-20,24,29-30,34,42-46H,15H2,1-9H3,(H,39,40)/b11-10+,14-13+,17-12-/t16-,18+,19+,20+,24-,29-,30+,34+,38-/m0/s1. The number of methoxy groups -OCH3 is 1. The van der Waals surface area contributed by atoms with Crippen molar-refractivity contribution in [2.45, 2.75) is 92.1 Å². The van der Waals surface area contributed by atoms with Gasteiger partial charge in [-0.1, -0.05) is 45.9 Å². The number of hydrogen-bond donors (Lipinski definition) is 6. The number of allylic oxidation sites excluding steroid dienone is 2. The molecule has 6 N–H and O–H groups in total. The number of hydrogen-bond acceptors (Lipinski definition) is 13. The SMILES string of the molecule is CO[C@H]1/C=C/O[C@@]2(C)Oc3c(C)c(O)c4c(O)c5c(c(O)c4c3C2=O)CN=C(N5)/C(C)=C\C=C\[C@H](C)[C@H](O)[C@@H](C)[C@@H](O)[C@@H](C)[C@H](OC(C)=O)[C@@H]1C. The summed E-state index contributed by atoms with van der Waals surface area (Å²) in [7, 11) is 1.45. The van der Waals surface area contributed by atoms with E-state index < -0.39 is 59.7 Å². The summed E-state index contributed by atoms with van der Waals surface area (Å²) in [6.07, 6.45) is 4.43.